The molecule has 9 atom stereocenters. The van der Waals surface area contributed by atoms with Crippen molar-refractivity contribution in [3.8, 4) is 0 Å². The van der Waals surface area contributed by atoms with Gasteiger partial charge in [0.2, 0.25) is 0 Å². The molecule has 0 amide bonds. The van der Waals surface area contributed by atoms with Gasteiger partial charge in [0.1, 0.15) is 0 Å². The lowest BCUT2D eigenvalue weighted by Gasteiger charge is -2.62. The summed E-state index contributed by atoms with van der Waals surface area (Å²) >= 11 is 0. The minimum Gasteiger partial charge on any atom is -0.415 e. The van der Waals surface area contributed by atoms with Gasteiger partial charge in [0.25, 0.3) is 0 Å². The Morgan fingerprint density at radius 3 is 2.24 bits per heavy atom. The summed E-state index contributed by atoms with van der Waals surface area (Å²) in [6, 6.07) is 0. The zero-order valence-electron chi connectivity index (χ0n) is 23.1. The van der Waals surface area contributed by atoms with Crippen molar-refractivity contribution in [1.82, 2.24) is 0 Å². The van der Waals surface area contributed by atoms with Crippen molar-refractivity contribution in [2.24, 2.45) is 34.5 Å². The van der Waals surface area contributed by atoms with Crippen LogP contribution in [0.4, 0.5) is 0 Å². The van der Waals surface area contributed by atoms with Gasteiger partial charge >= 0.3 is 7.12 Å². The lowest BCUT2D eigenvalue weighted by atomic mass is 9.44. The summed E-state index contributed by atoms with van der Waals surface area (Å²) in [4.78, 5) is 0. The van der Waals surface area contributed by atoms with Crippen molar-refractivity contribution in [1.29, 1.82) is 0 Å². The van der Waals surface area contributed by atoms with Gasteiger partial charge in [0, 0.05) is 11.5 Å². The van der Waals surface area contributed by atoms with E-state index in [1.54, 1.807) is 0 Å². The molecule has 1 spiro atoms. The highest BCUT2D eigenvalue weighted by Gasteiger charge is 2.70. The van der Waals surface area contributed by atoms with Crippen LogP contribution in [0.3, 0.4) is 0 Å². The van der Waals surface area contributed by atoms with Crippen molar-refractivity contribution < 1.29 is 13.7 Å². The zero-order chi connectivity index (χ0) is 24.0. The second-order valence-electron chi connectivity index (χ2n) is 15.3. The fraction of sp³-hybridized carbons (Fsp3) is 1.00. The van der Waals surface area contributed by atoms with Crippen molar-refractivity contribution in [2.45, 2.75) is 142 Å². The third-order valence-corrected chi connectivity index (χ3v) is 12.4. The van der Waals surface area contributed by atoms with E-state index in [9.17, 15) is 0 Å². The molecule has 0 aromatic rings. The van der Waals surface area contributed by atoms with Crippen LogP contribution in [0.15, 0.2) is 0 Å². The van der Waals surface area contributed by atoms with Crippen LogP contribution in [0.2, 0.25) is 25.0 Å². The van der Waals surface area contributed by atoms with Crippen LogP contribution in [0.1, 0.15) is 99.3 Å². The van der Waals surface area contributed by atoms with Crippen LogP contribution in [0, 0.1) is 34.5 Å². The Bertz CT molecular complexity index is 761. The van der Waals surface area contributed by atoms with Gasteiger partial charge in [-0.25, -0.2) is 0 Å². The van der Waals surface area contributed by atoms with E-state index < -0.39 is 8.32 Å². The summed E-state index contributed by atoms with van der Waals surface area (Å²) in [5.74, 6) is 3.44. The molecule has 0 N–H and O–H groups in total. The molecular weight excluding hydrogens is 423 g/mol. The molecule has 5 aliphatic rings. The van der Waals surface area contributed by atoms with Gasteiger partial charge in [-0.3, -0.25) is 0 Å². The molecule has 5 fully saturated rings. The normalized spacial score (nSPS) is 50.3. The average Bonchev–Trinajstić information content (AvgIpc) is 3.19. The van der Waals surface area contributed by atoms with Crippen LogP contribution < -0.4 is 0 Å². The fourth-order valence-electron chi connectivity index (χ4n) is 9.71. The minimum atomic E-state index is -1.46. The Balaban J connectivity index is 1.36. The third-order valence-electron chi connectivity index (χ3n) is 11.3. The van der Waals surface area contributed by atoms with Crippen molar-refractivity contribution in [3.05, 3.63) is 0 Å². The SMILES string of the molecule is C[C@@H]1OB(C(C)(C)C)O[C@@]12CC[C@H]1[C@@H]3CC[C@@H]4C[C@H](O[Si](C)(C)C)CC[C@]4(C)[C@H]3CC[C@@]12C. The highest BCUT2D eigenvalue weighted by atomic mass is 28.4. The first kappa shape index (κ1) is 24.8. The molecule has 0 aromatic heterocycles. The smallest absolute Gasteiger partial charge is 0.415 e. The largest absolute Gasteiger partial charge is 0.463 e. The van der Waals surface area contributed by atoms with E-state index in [1.165, 1.54) is 57.8 Å². The highest BCUT2D eigenvalue weighted by molar-refractivity contribution is 6.69. The molecule has 1 saturated heterocycles. The number of rotatable bonds is 2. The summed E-state index contributed by atoms with van der Waals surface area (Å²) in [6.07, 6.45) is 12.8. The van der Waals surface area contributed by atoms with E-state index in [0.29, 0.717) is 11.5 Å². The van der Waals surface area contributed by atoms with Crippen LogP contribution in [0.25, 0.3) is 0 Å². The van der Waals surface area contributed by atoms with E-state index >= 15 is 0 Å². The molecule has 4 aliphatic carbocycles. The molecule has 0 bridgehead atoms. The Kier molecular flexibility index (Phi) is 5.89. The first-order valence-corrected chi connectivity index (χ1v) is 17.6. The molecule has 188 valence electrons. The van der Waals surface area contributed by atoms with Gasteiger partial charge in [-0.2, -0.15) is 0 Å². The summed E-state index contributed by atoms with van der Waals surface area (Å²) in [7, 11) is -1.53. The molecule has 0 aromatic carbocycles. The average molecular weight is 475 g/mol. The third kappa shape index (κ3) is 3.76. The number of hydrogen-bond acceptors (Lipinski definition) is 3. The Hall–Kier alpha value is 0.162. The fourth-order valence-corrected chi connectivity index (χ4v) is 10.9. The lowest BCUT2D eigenvalue weighted by molar-refractivity contribution is -0.155. The van der Waals surface area contributed by atoms with Crippen LogP contribution in [0.5, 0.6) is 0 Å². The van der Waals surface area contributed by atoms with Crippen LogP contribution in [-0.2, 0) is 13.7 Å². The number of fused-ring (bicyclic) bond motifs is 6. The second-order valence-corrected chi connectivity index (χ2v) is 19.7. The van der Waals surface area contributed by atoms with E-state index in [0.717, 1.165) is 23.7 Å². The summed E-state index contributed by atoms with van der Waals surface area (Å²) in [5.41, 5.74) is 0.696. The first-order valence-electron chi connectivity index (χ1n) is 14.2. The molecule has 1 heterocycles. The molecule has 33 heavy (non-hydrogen) atoms. The molecule has 5 rings (SSSR count). The molecule has 5 heteroatoms. The topological polar surface area (TPSA) is 27.7 Å². The van der Waals surface area contributed by atoms with Gasteiger partial charge in [0.05, 0.1) is 11.7 Å². The molecular formula is C28H51BO3Si. The van der Waals surface area contributed by atoms with E-state index in [4.69, 9.17) is 13.7 Å². The molecule has 3 nitrogen and oxygen atoms in total. The van der Waals surface area contributed by atoms with Crippen molar-refractivity contribution in [3.63, 3.8) is 0 Å². The monoisotopic (exact) mass is 474 g/mol. The maximum Gasteiger partial charge on any atom is 0.463 e. The highest BCUT2D eigenvalue weighted by Crippen LogP contribution is 2.70. The van der Waals surface area contributed by atoms with Gasteiger partial charge in [-0.1, -0.05) is 34.6 Å². The van der Waals surface area contributed by atoms with Crippen LogP contribution in [-0.4, -0.2) is 33.2 Å². The Morgan fingerprint density at radius 1 is 0.909 bits per heavy atom. The Morgan fingerprint density at radius 2 is 1.61 bits per heavy atom. The minimum absolute atomic E-state index is 0.0333. The molecule has 4 saturated carbocycles. The predicted octanol–water partition coefficient (Wildman–Crippen LogP) is 7.71. The quantitative estimate of drug-likeness (QED) is 0.384. The summed E-state index contributed by atoms with van der Waals surface area (Å²) < 4.78 is 20.1. The molecule has 0 radical (unpaired) electrons. The zero-order valence-corrected chi connectivity index (χ0v) is 24.1. The Labute approximate surface area is 205 Å². The van der Waals surface area contributed by atoms with Crippen molar-refractivity contribution >= 4 is 15.4 Å². The van der Waals surface area contributed by atoms with Gasteiger partial charge in [-0.05, 0) is 119 Å². The lowest BCUT2D eigenvalue weighted by Crippen LogP contribution is -2.59. The first-order chi connectivity index (χ1) is 15.2. The summed E-state index contributed by atoms with van der Waals surface area (Å²) in [6.45, 7) is 21.4. The molecule has 0 unspecified atom stereocenters. The predicted molar refractivity (Wildman–Crippen MR) is 140 cm³/mol. The van der Waals surface area contributed by atoms with E-state index in [-0.39, 0.29) is 29.6 Å². The maximum absolute atomic E-state index is 7.00. The van der Waals surface area contributed by atoms with Crippen molar-refractivity contribution in [2.75, 3.05) is 0 Å². The number of hydrogen-bond donors (Lipinski definition) is 0. The maximum atomic E-state index is 7.00. The molecule has 1 aliphatic heterocycles. The van der Waals surface area contributed by atoms with Crippen LogP contribution >= 0.6 is 0 Å². The standard InChI is InChI=1S/C28H51BO3Si/c1-19-28(32-29(30-19)25(2,3)4)17-14-24-22-11-10-20-18-21(31-33(7,8)9)12-15-26(20,5)23(22)13-16-27(24,28)6/h19-24H,10-18H2,1-9H3/t19-,20+,21+,22+,23-,24-,26-,27-,28-/m0/s1. The second kappa shape index (κ2) is 7.83. The van der Waals surface area contributed by atoms with E-state index in [1.807, 2.05) is 0 Å². The van der Waals surface area contributed by atoms with Gasteiger partial charge < -0.3 is 13.7 Å². The van der Waals surface area contributed by atoms with Gasteiger partial charge in [-0.15, -0.1) is 0 Å². The van der Waals surface area contributed by atoms with E-state index in [2.05, 4.69) is 61.2 Å². The van der Waals surface area contributed by atoms with Gasteiger partial charge in [0.15, 0.2) is 8.32 Å². The summed E-state index contributed by atoms with van der Waals surface area (Å²) in [5, 5.41) is 0.0333.